The second kappa shape index (κ2) is 9.49. The van der Waals surface area contributed by atoms with Crippen molar-refractivity contribution in [1.82, 2.24) is 14.9 Å². The first-order valence-corrected chi connectivity index (χ1v) is 12.8. The molecule has 1 heterocycles. The number of amides is 1. The van der Waals surface area contributed by atoms with E-state index in [1.165, 1.54) is 36.7 Å². The fourth-order valence-corrected chi connectivity index (χ4v) is 5.20. The summed E-state index contributed by atoms with van der Waals surface area (Å²) in [6.45, 7) is 5.08. The van der Waals surface area contributed by atoms with Gasteiger partial charge in [0.2, 0.25) is 15.9 Å². The number of thioether (sulfide) groups is 1. The number of aryl methyl sites for hydroxylation is 1. The zero-order valence-electron chi connectivity index (χ0n) is 17.1. The summed E-state index contributed by atoms with van der Waals surface area (Å²) in [5.74, 6) is 0.831. The number of hydrogen-bond acceptors (Lipinski definition) is 5. The van der Waals surface area contributed by atoms with Gasteiger partial charge in [0, 0.05) is 12.6 Å². The van der Waals surface area contributed by atoms with Crippen LogP contribution in [0.4, 0.5) is 0 Å². The third kappa shape index (κ3) is 5.52. The Morgan fingerprint density at radius 1 is 1.34 bits per heavy atom. The lowest BCUT2D eigenvalue weighted by atomic mass is 9.86. The van der Waals surface area contributed by atoms with Crippen LogP contribution in [0.15, 0.2) is 28.3 Å². The Morgan fingerprint density at radius 3 is 2.79 bits per heavy atom. The van der Waals surface area contributed by atoms with Crippen LogP contribution in [0.3, 0.4) is 0 Å². The van der Waals surface area contributed by atoms with Crippen LogP contribution < -0.4 is 10.5 Å². The predicted molar refractivity (Wildman–Crippen MR) is 116 cm³/mol. The summed E-state index contributed by atoms with van der Waals surface area (Å²) in [6.07, 6.45) is 6.62. The van der Waals surface area contributed by atoms with Gasteiger partial charge in [-0.1, -0.05) is 44.9 Å². The lowest BCUT2D eigenvalue weighted by Gasteiger charge is -2.29. The van der Waals surface area contributed by atoms with Crippen molar-refractivity contribution < 1.29 is 13.2 Å². The topological polar surface area (TPSA) is 107 Å². The van der Waals surface area contributed by atoms with Gasteiger partial charge in [-0.3, -0.25) is 4.79 Å². The molecule has 0 saturated heterocycles. The highest BCUT2D eigenvalue weighted by Crippen LogP contribution is 2.27. The first-order chi connectivity index (χ1) is 13.8. The number of nitrogens with one attached hydrogen (secondary N) is 1. The molecule has 1 aliphatic carbocycles. The maximum Gasteiger partial charge on any atom is 0.238 e. The zero-order valence-corrected chi connectivity index (χ0v) is 18.7. The molecule has 0 spiro atoms. The number of imidazole rings is 1. The molecule has 1 aromatic carbocycles. The van der Waals surface area contributed by atoms with Crippen LogP contribution in [0.5, 0.6) is 0 Å². The Morgan fingerprint density at radius 2 is 2.10 bits per heavy atom. The summed E-state index contributed by atoms with van der Waals surface area (Å²) in [7, 11) is -3.78. The molecule has 1 saturated carbocycles. The molecule has 0 bridgehead atoms. The average Bonchev–Trinajstić information content (AvgIpc) is 3.02. The standard InChI is InChI=1S/C20H30N4O3S2/c1-3-4-11-24-18-10-9-15(29(21,26)27)12-17(18)23-20(24)28-13-19(25)22-16-8-6-5-7-14(16)2/h9-10,12,14,16H,3-8,11,13H2,1-2H3,(H,22,25)(H2,21,26,27)/t14-,16+/m1/s1. The van der Waals surface area contributed by atoms with Crippen molar-refractivity contribution in [2.75, 3.05) is 5.75 Å². The van der Waals surface area contributed by atoms with E-state index in [9.17, 15) is 13.2 Å². The van der Waals surface area contributed by atoms with Gasteiger partial charge in [-0.2, -0.15) is 0 Å². The fraction of sp³-hybridized carbons (Fsp3) is 0.600. The van der Waals surface area contributed by atoms with Crippen molar-refractivity contribution in [2.24, 2.45) is 11.1 Å². The maximum atomic E-state index is 12.5. The van der Waals surface area contributed by atoms with Gasteiger partial charge in [-0.15, -0.1) is 0 Å². The van der Waals surface area contributed by atoms with Crippen LogP contribution in [0, 0.1) is 5.92 Å². The molecule has 1 aliphatic rings. The van der Waals surface area contributed by atoms with Gasteiger partial charge in [0.25, 0.3) is 0 Å². The summed E-state index contributed by atoms with van der Waals surface area (Å²) < 4.78 is 25.4. The number of carbonyl (C=O) groups is 1. The molecule has 2 atom stereocenters. The number of fused-ring (bicyclic) bond motifs is 1. The SMILES string of the molecule is CCCCn1c(SCC(=O)N[C@H]2CCCC[C@H]2C)nc2cc(S(N)(=O)=O)ccc21. The molecule has 1 amide bonds. The molecule has 0 aliphatic heterocycles. The summed E-state index contributed by atoms with van der Waals surface area (Å²) in [5.41, 5.74) is 1.44. The van der Waals surface area contributed by atoms with Gasteiger partial charge in [0.05, 0.1) is 21.7 Å². The van der Waals surface area contributed by atoms with E-state index < -0.39 is 10.0 Å². The number of aromatic nitrogens is 2. The number of nitrogens with two attached hydrogens (primary N) is 1. The highest BCUT2D eigenvalue weighted by molar-refractivity contribution is 7.99. The number of sulfonamides is 1. The van der Waals surface area contributed by atoms with Gasteiger partial charge in [0.1, 0.15) is 0 Å². The Bertz CT molecular complexity index is 972. The number of benzene rings is 1. The van der Waals surface area contributed by atoms with Crippen LogP contribution in [-0.4, -0.2) is 35.7 Å². The monoisotopic (exact) mass is 438 g/mol. The van der Waals surface area contributed by atoms with Crippen molar-refractivity contribution in [3.05, 3.63) is 18.2 Å². The molecule has 160 valence electrons. The number of rotatable bonds is 8. The van der Waals surface area contributed by atoms with Crippen molar-refractivity contribution in [2.45, 2.75) is 75.0 Å². The van der Waals surface area contributed by atoms with Crippen LogP contribution in [0.1, 0.15) is 52.4 Å². The number of hydrogen-bond donors (Lipinski definition) is 2. The highest BCUT2D eigenvalue weighted by atomic mass is 32.2. The maximum absolute atomic E-state index is 12.5. The second-order valence-electron chi connectivity index (χ2n) is 7.82. The van der Waals surface area contributed by atoms with E-state index in [0.717, 1.165) is 42.9 Å². The van der Waals surface area contributed by atoms with Crippen molar-refractivity contribution in [3.8, 4) is 0 Å². The second-order valence-corrected chi connectivity index (χ2v) is 10.3. The molecule has 9 heteroatoms. The molecular weight excluding hydrogens is 408 g/mol. The molecule has 29 heavy (non-hydrogen) atoms. The van der Waals surface area contributed by atoms with E-state index in [1.54, 1.807) is 6.07 Å². The molecule has 0 radical (unpaired) electrons. The summed E-state index contributed by atoms with van der Waals surface area (Å²) in [6, 6.07) is 5.01. The zero-order chi connectivity index (χ0) is 21.0. The van der Waals surface area contributed by atoms with Gasteiger partial charge in [-0.25, -0.2) is 18.5 Å². The minimum atomic E-state index is -3.78. The predicted octanol–water partition coefficient (Wildman–Crippen LogP) is 3.27. The van der Waals surface area contributed by atoms with Crippen molar-refractivity contribution in [3.63, 3.8) is 0 Å². The van der Waals surface area contributed by atoms with Crippen LogP contribution in [0.2, 0.25) is 0 Å². The van der Waals surface area contributed by atoms with E-state index >= 15 is 0 Å². The molecule has 3 rings (SSSR count). The third-order valence-corrected chi connectivity index (χ3v) is 7.43. The third-order valence-electron chi connectivity index (χ3n) is 5.54. The average molecular weight is 439 g/mol. The summed E-state index contributed by atoms with van der Waals surface area (Å²) >= 11 is 1.39. The molecule has 2 aromatic rings. The Balaban J connectivity index is 1.76. The molecule has 0 unspecified atom stereocenters. The van der Waals surface area contributed by atoms with E-state index in [-0.39, 0.29) is 16.8 Å². The highest BCUT2D eigenvalue weighted by Gasteiger charge is 2.23. The van der Waals surface area contributed by atoms with Crippen LogP contribution in [0.25, 0.3) is 11.0 Å². The Kier molecular flexibility index (Phi) is 7.23. The Hall–Kier alpha value is -1.58. The lowest BCUT2D eigenvalue weighted by Crippen LogP contribution is -2.41. The lowest BCUT2D eigenvalue weighted by molar-refractivity contribution is -0.119. The normalized spacial score (nSPS) is 20.1. The first kappa shape index (κ1) is 22.1. The minimum Gasteiger partial charge on any atom is -0.352 e. The van der Waals surface area contributed by atoms with Crippen LogP contribution in [-0.2, 0) is 21.4 Å². The van der Waals surface area contributed by atoms with Gasteiger partial charge >= 0.3 is 0 Å². The quantitative estimate of drug-likeness (QED) is 0.615. The van der Waals surface area contributed by atoms with E-state index in [2.05, 4.69) is 28.7 Å². The number of nitrogens with zero attached hydrogens (tertiary/aromatic N) is 2. The minimum absolute atomic E-state index is 0.0214. The fourth-order valence-electron chi connectivity index (χ4n) is 3.82. The smallest absolute Gasteiger partial charge is 0.238 e. The van der Waals surface area contributed by atoms with E-state index in [4.69, 9.17) is 5.14 Å². The van der Waals surface area contributed by atoms with Crippen LogP contribution >= 0.6 is 11.8 Å². The first-order valence-electron chi connectivity index (χ1n) is 10.2. The van der Waals surface area contributed by atoms with Gasteiger partial charge in [-0.05, 0) is 43.4 Å². The van der Waals surface area contributed by atoms with Crippen molar-refractivity contribution >= 4 is 38.7 Å². The number of carbonyl (C=O) groups excluding carboxylic acids is 1. The molecule has 7 nitrogen and oxygen atoms in total. The van der Waals surface area contributed by atoms with Gasteiger partial charge < -0.3 is 9.88 Å². The molecule has 1 aromatic heterocycles. The van der Waals surface area contributed by atoms with Crippen molar-refractivity contribution in [1.29, 1.82) is 0 Å². The number of primary sulfonamides is 1. The van der Waals surface area contributed by atoms with Gasteiger partial charge in [0.15, 0.2) is 5.16 Å². The summed E-state index contributed by atoms with van der Waals surface area (Å²) in [4.78, 5) is 17.1. The molecule has 1 fully saturated rings. The Labute approximate surface area is 176 Å². The molecular formula is C20H30N4O3S2. The number of unbranched alkanes of at least 4 members (excludes halogenated alkanes) is 1. The summed E-state index contributed by atoms with van der Waals surface area (Å²) in [5, 5.41) is 9.15. The van der Waals surface area contributed by atoms with E-state index in [1.807, 2.05) is 0 Å². The largest absolute Gasteiger partial charge is 0.352 e. The molecule has 3 N–H and O–H groups in total. The van der Waals surface area contributed by atoms with E-state index in [0.29, 0.717) is 17.2 Å².